The number of thioether (sulfide) groups is 1. The van der Waals surface area contributed by atoms with Crippen LogP contribution in [0.5, 0.6) is 0 Å². The number of anilines is 1. The molecule has 1 aliphatic carbocycles. The van der Waals surface area contributed by atoms with Crippen LogP contribution in [-0.2, 0) is 21.1 Å². The average molecular weight is 489 g/mol. The van der Waals surface area contributed by atoms with Gasteiger partial charge in [-0.1, -0.05) is 36.0 Å². The Hall–Kier alpha value is -2.17. The third kappa shape index (κ3) is 4.77. The quantitative estimate of drug-likeness (QED) is 0.451. The number of amides is 1. The lowest BCUT2D eigenvalue weighted by Crippen LogP contribution is -2.42. The molecular weight excluding hydrogens is 464 g/mol. The van der Waals surface area contributed by atoms with Gasteiger partial charge in [-0.3, -0.25) is 4.79 Å². The topological polar surface area (TPSA) is 85.2 Å². The molecule has 0 radical (unpaired) electrons. The van der Waals surface area contributed by atoms with Crippen LogP contribution in [0.15, 0.2) is 53.0 Å². The van der Waals surface area contributed by atoms with E-state index < -0.39 is 9.84 Å². The average Bonchev–Trinajstić information content (AvgIpc) is 3.16. The highest BCUT2D eigenvalue weighted by Gasteiger charge is 2.36. The molecule has 1 atom stereocenters. The summed E-state index contributed by atoms with van der Waals surface area (Å²) >= 11 is 3.09. The molecule has 3 aromatic rings. The van der Waals surface area contributed by atoms with Crippen molar-refractivity contribution in [3.8, 4) is 0 Å². The minimum Gasteiger partial charge on any atom is -0.308 e. The molecule has 10 heteroatoms. The molecule has 7 nitrogen and oxygen atoms in total. The number of aromatic nitrogens is 3. The molecule has 2 fully saturated rings. The minimum absolute atomic E-state index is 0.0154. The van der Waals surface area contributed by atoms with Crippen LogP contribution in [0, 0.1) is 0 Å². The van der Waals surface area contributed by atoms with Gasteiger partial charge >= 0.3 is 0 Å². The van der Waals surface area contributed by atoms with Crippen LogP contribution >= 0.6 is 23.1 Å². The van der Waals surface area contributed by atoms with E-state index in [2.05, 4.69) is 26.2 Å². The highest BCUT2D eigenvalue weighted by molar-refractivity contribution is 7.99. The molecular formula is C22H24N4O3S3. The zero-order chi connectivity index (χ0) is 22.1. The van der Waals surface area contributed by atoms with E-state index in [0.29, 0.717) is 12.5 Å². The molecule has 3 heterocycles. The maximum atomic E-state index is 13.3. The summed E-state index contributed by atoms with van der Waals surface area (Å²) in [5.74, 6) is 1.17. The molecule has 5 rings (SSSR count). The SMILES string of the molecule is O=C(CSc1nnc(Cc2cccs2)n1C1CC1)N(c1ccccc1)C1CCS(=O)(=O)C1. The first-order valence-electron chi connectivity index (χ1n) is 10.7. The van der Waals surface area contributed by atoms with Crippen molar-refractivity contribution >= 4 is 44.5 Å². The third-order valence-electron chi connectivity index (χ3n) is 5.76. The normalized spacial score (nSPS) is 19.8. The van der Waals surface area contributed by atoms with Gasteiger partial charge in [0.25, 0.3) is 0 Å². The van der Waals surface area contributed by atoms with E-state index in [0.717, 1.165) is 35.9 Å². The zero-order valence-corrected chi connectivity index (χ0v) is 19.9. The Kier molecular flexibility index (Phi) is 6.09. The molecule has 1 amide bonds. The van der Waals surface area contributed by atoms with Gasteiger partial charge in [0, 0.05) is 23.0 Å². The van der Waals surface area contributed by atoms with Crippen molar-refractivity contribution in [2.45, 2.75) is 42.9 Å². The highest BCUT2D eigenvalue weighted by Crippen LogP contribution is 2.39. The number of hydrogen-bond donors (Lipinski definition) is 0. The maximum Gasteiger partial charge on any atom is 0.237 e. The van der Waals surface area contributed by atoms with Crippen LogP contribution in [0.25, 0.3) is 0 Å². The molecule has 32 heavy (non-hydrogen) atoms. The zero-order valence-electron chi connectivity index (χ0n) is 17.5. The largest absolute Gasteiger partial charge is 0.308 e. The molecule has 0 bridgehead atoms. The Morgan fingerprint density at radius 3 is 2.59 bits per heavy atom. The molecule has 0 spiro atoms. The molecule has 1 aromatic carbocycles. The number of para-hydroxylation sites is 1. The smallest absolute Gasteiger partial charge is 0.237 e. The van der Waals surface area contributed by atoms with Gasteiger partial charge in [0.1, 0.15) is 5.82 Å². The summed E-state index contributed by atoms with van der Waals surface area (Å²) in [4.78, 5) is 16.2. The Morgan fingerprint density at radius 1 is 1.12 bits per heavy atom. The summed E-state index contributed by atoms with van der Waals surface area (Å²) in [7, 11) is -3.11. The van der Waals surface area contributed by atoms with E-state index in [4.69, 9.17) is 0 Å². The van der Waals surface area contributed by atoms with Crippen LogP contribution in [0.2, 0.25) is 0 Å². The minimum atomic E-state index is -3.11. The van der Waals surface area contributed by atoms with Gasteiger partial charge in [-0.15, -0.1) is 21.5 Å². The lowest BCUT2D eigenvalue weighted by atomic mass is 10.2. The van der Waals surface area contributed by atoms with Gasteiger partial charge in [0.2, 0.25) is 5.91 Å². The molecule has 168 valence electrons. The number of sulfone groups is 1. The van der Waals surface area contributed by atoms with Crippen LogP contribution in [0.3, 0.4) is 0 Å². The number of nitrogens with zero attached hydrogens (tertiary/aromatic N) is 4. The Morgan fingerprint density at radius 2 is 1.94 bits per heavy atom. The van der Waals surface area contributed by atoms with Gasteiger partial charge in [-0.2, -0.15) is 0 Å². The summed E-state index contributed by atoms with van der Waals surface area (Å²) < 4.78 is 26.3. The first-order chi connectivity index (χ1) is 15.5. The summed E-state index contributed by atoms with van der Waals surface area (Å²) in [5.41, 5.74) is 0.738. The predicted octanol–water partition coefficient (Wildman–Crippen LogP) is 3.58. The monoisotopic (exact) mass is 488 g/mol. The van der Waals surface area contributed by atoms with E-state index in [9.17, 15) is 13.2 Å². The van der Waals surface area contributed by atoms with Crippen molar-refractivity contribution in [3.05, 3.63) is 58.5 Å². The fraction of sp³-hybridized carbons (Fsp3) is 0.409. The Balaban J connectivity index is 1.34. The standard InChI is InChI=1S/C22H24N4O3S3/c27-21(25(16-5-2-1-3-6-16)18-10-12-32(28,29)15-18)14-31-22-24-23-20(26(22)17-8-9-17)13-19-7-4-11-30-19/h1-7,11,17-18H,8-10,12-15H2. The summed E-state index contributed by atoms with van der Waals surface area (Å²) in [6.45, 7) is 0. The van der Waals surface area contributed by atoms with Crippen molar-refractivity contribution in [2.75, 3.05) is 22.2 Å². The van der Waals surface area contributed by atoms with E-state index in [1.165, 1.54) is 16.6 Å². The lowest BCUT2D eigenvalue weighted by Gasteiger charge is -2.28. The van der Waals surface area contributed by atoms with Crippen molar-refractivity contribution < 1.29 is 13.2 Å². The molecule has 2 aromatic heterocycles. The van der Waals surface area contributed by atoms with Gasteiger partial charge in [-0.25, -0.2) is 8.42 Å². The van der Waals surface area contributed by atoms with Crippen LogP contribution in [0.1, 0.15) is 36.0 Å². The number of carbonyl (C=O) groups is 1. The van der Waals surface area contributed by atoms with E-state index in [1.54, 1.807) is 16.2 Å². The Bertz CT molecular complexity index is 1190. The Labute approximate surface area is 195 Å². The van der Waals surface area contributed by atoms with Crippen LogP contribution in [0.4, 0.5) is 5.69 Å². The summed E-state index contributed by atoms with van der Waals surface area (Å²) in [6, 6.07) is 13.6. The fourth-order valence-electron chi connectivity index (χ4n) is 4.12. The highest BCUT2D eigenvalue weighted by atomic mass is 32.2. The van der Waals surface area contributed by atoms with Crippen molar-refractivity contribution in [2.24, 2.45) is 0 Å². The fourth-order valence-corrected chi connectivity index (χ4v) is 7.40. The van der Waals surface area contributed by atoms with Gasteiger partial charge in [0.15, 0.2) is 15.0 Å². The van der Waals surface area contributed by atoms with Crippen LogP contribution in [-0.4, -0.2) is 52.4 Å². The van der Waals surface area contributed by atoms with Gasteiger partial charge < -0.3 is 9.47 Å². The van der Waals surface area contributed by atoms with Crippen molar-refractivity contribution in [1.82, 2.24) is 14.8 Å². The number of thiophene rings is 1. The van der Waals surface area contributed by atoms with E-state index in [1.807, 2.05) is 36.4 Å². The first kappa shape index (κ1) is 21.7. The number of benzene rings is 1. The number of carbonyl (C=O) groups excluding carboxylic acids is 1. The molecule has 0 N–H and O–H groups in total. The van der Waals surface area contributed by atoms with Gasteiger partial charge in [0.05, 0.1) is 23.3 Å². The van der Waals surface area contributed by atoms with Gasteiger partial charge in [-0.05, 0) is 42.8 Å². The van der Waals surface area contributed by atoms with Crippen molar-refractivity contribution in [1.29, 1.82) is 0 Å². The second kappa shape index (κ2) is 8.99. The number of rotatable bonds is 8. The summed E-state index contributed by atoms with van der Waals surface area (Å²) in [5, 5.41) is 11.6. The molecule has 1 saturated carbocycles. The van der Waals surface area contributed by atoms with Crippen LogP contribution < -0.4 is 4.90 Å². The van der Waals surface area contributed by atoms with E-state index in [-0.39, 0.29) is 29.2 Å². The third-order valence-corrected chi connectivity index (χ3v) is 9.32. The predicted molar refractivity (Wildman–Crippen MR) is 127 cm³/mol. The molecule has 2 aliphatic rings. The first-order valence-corrected chi connectivity index (χ1v) is 14.4. The molecule has 1 unspecified atom stereocenters. The maximum absolute atomic E-state index is 13.3. The number of hydrogen-bond acceptors (Lipinski definition) is 7. The van der Waals surface area contributed by atoms with E-state index >= 15 is 0 Å². The molecule has 1 aliphatic heterocycles. The molecule has 1 saturated heterocycles. The van der Waals surface area contributed by atoms with Crippen molar-refractivity contribution in [3.63, 3.8) is 0 Å². The lowest BCUT2D eigenvalue weighted by molar-refractivity contribution is -0.116. The second-order valence-corrected chi connectivity index (χ2v) is 12.4. The summed E-state index contributed by atoms with van der Waals surface area (Å²) in [6.07, 6.45) is 3.42. The second-order valence-electron chi connectivity index (χ2n) is 8.20.